The van der Waals surface area contributed by atoms with E-state index in [9.17, 15) is 14.4 Å². The maximum Gasteiger partial charge on any atom is 0.319 e. The number of aromatic nitrogens is 2. The van der Waals surface area contributed by atoms with Crippen LogP contribution in [0.2, 0.25) is 5.02 Å². The zero-order chi connectivity index (χ0) is 31.1. The smallest absolute Gasteiger partial charge is 0.319 e. The number of nitriles is 1. The Morgan fingerprint density at radius 3 is 2.82 bits per heavy atom. The molecule has 0 spiro atoms. The molecule has 0 bridgehead atoms. The Kier molecular flexibility index (Phi) is 7.80. The number of carbonyl (C=O) groups is 1. The molecule has 4 aromatic rings. The van der Waals surface area contributed by atoms with Gasteiger partial charge in [0, 0.05) is 48.4 Å². The van der Waals surface area contributed by atoms with Gasteiger partial charge in [-0.3, -0.25) is 9.69 Å². The molecule has 1 amide bonds. The van der Waals surface area contributed by atoms with Crippen LogP contribution in [-0.4, -0.2) is 82.8 Å². The molecule has 7 rings (SSSR count). The van der Waals surface area contributed by atoms with Gasteiger partial charge in [0.2, 0.25) is 5.91 Å². The molecule has 3 aliphatic rings. The van der Waals surface area contributed by atoms with Crippen LogP contribution in [0.1, 0.15) is 25.7 Å². The van der Waals surface area contributed by atoms with E-state index in [4.69, 9.17) is 26.3 Å². The highest BCUT2D eigenvalue weighted by Crippen LogP contribution is 2.41. The van der Waals surface area contributed by atoms with Crippen molar-refractivity contribution in [3.05, 3.63) is 72.3 Å². The van der Waals surface area contributed by atoms with Crippen molar-refractivity contribution in [3.8, 4) is 23.2 Å². The summed E-state index contributed by atoms with van der Waals surface area (Å²) in [7, 11) is 0. The zero-order valence-electron chi connectivity index (χ0n) is 25.0. The number of ether oxygens (including phenoxy) is 1. The maximum absolute atomic E-state index is 14.5. The van der Waals surface area contributed by atoms with Gasteiger partial charge in [0.1, 0.15) is 18.6 Å². The number of nitrogens with zero attached hydrogens (tertiary/aromatic N) is 6. The van der Waals surface area contributed by atoms with Crippen molar-refractivity contribution in [2.75, 3.05) is 44.2 Å². The van der Waals surface area contributed by atoms with Gasteiger partial charge in [-0.05, 0) is 60.2 Å². The number of rotatable bonds is 7. The molecule has 0 aliphatic carbocycles. The molecular formula is C35H34ClFN6O2. The number of halogens is 2. The first-order valence-corrected chi connectivity index (χ1v) is 15.8. The van der Waals surface area contributed by atoms with Crippen LogP contribution in [0.15, 0.2) is 67.3 Å². The Labute approximate surface area is 266 Å². The molecule has 3 atom stereocenters. The van der Waals surface area contributed by atoms with Gasteiger partial charge in [0.25, 0.3) is 0 Å². The largest absolute Gasteiger partial charge is 0.461 e. The normalized spacial score (nSPS) is 23.3. The first-order chi connectivity index (χ1) is 21.9. The molecule has 0 unspecified atom stereocenters. The van der Waals surface area contributed by atoms with Crippen molar-refractivity contribution in [1.29, 1.82) is 5.26 Å². The van der Waals surface area contributed by atoms with Crippen molar-refractivity contribution in [2.45, 2.75) is 43.4 Å². The van der Waals surface area contributed by atoms with Gasteiger partial charge in [-0.25, -0.2) is 4.39 Å². The maximum atomic E-state index is 14.5. The van der Waals surface area contributed by atoms with Gasteiger partial charge >= 0.3 is 6.01 Å². The van der Waals surface area contributed by atoms with Gasteiger partial charge in [-0.1, -0.05) is 54.6 Å². The first-order valence-electron chi connectivity index (χ1n) is 15.5. The van der Waals surface area contributed by atoms with E-state index in [1.165, 1.54) is 6.08 Å². The van der Waals surface area contributed by atoms with Gasteiger partial charge in [-0.15, -0.1) is 0 Å². The molecular weight excluding hydrogens is 591 g/mol. The molecule has 3 aromatic carbocycles. The predicted octanol–water partition coefficient (Wildman–Crippen LogP) is 6.18. The molecule has 0 radical (unpaired) electrons. The minimum Gasteiger partial charge on any atom is -0.461 e. The van der Waals surface area contributed by atoms with Gasteiger partial charge in [0.15, 0.2) is 0 Å². The van der Waals surface area contributed by atoms with Crippen LogP contribution in [0.3, 0.4) is 0 Å². The summed E-state index contributed by atoms with van der Waals surface area (Å²) >= 11 is 6.68. The minimum atomic E-state index is -0.858. The Morgan fingerprint density at radius 2 is 2.00 bits per heavy atom. The number of amides is 1. The van der Waals surface area contributed by atoms with Gasteiger partial charge in [0.05, 0.1) is 29.6 Å². The van der Waals surface area contributed by atoms with Crippen molar-refractivity contribution in [3.63, 3.8) is 0 Å². The molecule has 1 aromatic heterocycles. The fourth-order valence-electron chi connectivity index (χ4n) is 7.48. The van der Waals surface area contributed by atoms with E-state index >= 15 is 0 Å². The first kappa shape index (κ1) is 29.5. The number of benzene rings is 3. The number of anilines is 1. The highest BCUT2D eigenvalue weighted by atomic mass is 35.5. The Morgan fingerprint density at radius 1 is 1.16 bits per heavy atom. The van der Waals surface area contributed by atoms with E-state index in [1.54, 1.807) is 4.90 Å². The standard InChI is InChI=1S/C35H34ClFN6O2/c1-2-31(44)43-17-16-41(21-26(43)12-14-38)33-28-11-10-24(27-8-3-6-23-7-4-9-29(36)32(23)27)18-30(28)39-34(40-33)45-22-35-13-5-15-42(35)20-25(37)19-35/h2-4,6-11,18,25-26H,1,5,12-13,15-17,19-22H2/t25-,26+,35+/m1/s1. The van der Waals surface area contributed by atoms with Crippen LogP contribution in [0.25, 0.3) is 32.8 Å². The lowest BCUT2D eigenvalue weighted by atomic mass is 9.95. The van der Waals surface area contributed by atoms with E-state index in [1.807, 2.05) is 48.5 Å². The van der Waals surface area contributed by atoms with E-state index in [0.29, 0.717) is 55.6 Å². The summed E-state index contributed by atoms with van der Waals surface area (Å²) in [5.41, 5.74) is 2.31. The fraction of sp³-hybridized carbons (Fsp3) is 0.371. The lowest BCUT2D eigenvalue weighted by molar-refractivity contribution is -0.128. The van der Waals surface area contributed by atoms with Crippen LogP contribution < -0.4 is 9.64 Å². The number of carbonyl (C=O) groups excluding carboxylic acids is 1. The molecule has 3 aliphatic heterocycles. The molecule has 8 nitrogen and oxygen atoms in total. The third-order valence-electron chi connectivity index (χ3n) is 9.62. The summed E-state index contributed by atoms with van der Waals surface area (Å²) in [5, 5.41) is 13.1. The Balaban J connectivity index is 1.30. The summed E-state index contributed by atoms with van der Waals surface area (Å²) in [6.45, 7) is 6.65. The van der Waals surface area contributed by atoms with Crippen molar-refractivity contribution < 1.29 is 13.9 Å². The summed E-state index contributed by atoms with van der Waals surface area (Å²) in [5.74, 6) is 0.495. The fourth-order valence-corrected chi connectivity index (χ4v) is 7.77. The highest BCUT2D eigenvalue weighted by molar-refractivity contribution is 6.36. The summed E-state index contributed by atoms with van der Waals surface area (Å²) in [6.07, 6.45) is 2.99. The Hall–Kier alpha value is -4.26. The van der Waals surface area contributed by atoms with Crippen molar-refractivity contribution in [2.24, 2.45) is 0 Å². The summed E-state index contributed by atoms with van der Waals surface area (Å²) in [6, 6.07) is 20.2. The molecule has 10 heteroatoms. The molecule has 0 saturated carbocycles. The van der Waals surface area contributed by atoms with Crippen LogP contribution in [-0.2, 0) is 4.79 Å². The number of alkyl halides is 1. The summed E-state index contributed by atoms with van der Waals surface area (Å²) in [4.78, 5) is 28.4. The van der Waals surface area contributed by atoms with Gasteiger partial charge in [-0.2, -0.15) is 15.2 Å². The summed E-state index contributed by atoms with van der Waals surface area (Å²) < 4.78 is 20.8. The van der Waals surface area contributed by atoms with Crippen molar-refractivity contribution >= 4 is 45.0 Å². The second-order valence-corrected chi connectivity index (χ2v) is 12.7. The number of hydrogen-bond donors (Lipinski definition) is 0. The van der Waals surface area contributed by atoms with E-state index in [2.05, 4.69) is 28.5 Å². The minimum absolute atomic E-state index is 0.187. The Bertz CT molecular complexity index is 1840. The molecule has 0 N–H and O–H groups in total. The van der Waals surface area contributed by atoms with Crippen LogP contribution >= 0.6 is 11.6 Å². The molecule has 3 fully saturated rings. The van der Waals surface area contributed by atoms with Crippen LogP contribution in [0, 0.1) is 11.3 Å². The lowest BCUT2D eigenvalue weighted by Crippen LogP contribution is -2.55. The third kappa shape index (κ3) is 5.36. The average Bonchev–Trinajstić information content (AvgIpc) is 3.58. The van der Waals surface area contributed by atoms with Gasteiger partial charge < -0.3 is 14.5 Å². The quantitative estimate of drug-likeness (QED) is 0.227. The van der Waals surface area contributed by atoms with E-state index < -0.39 is 6.17 Å². The number of fused-ring (bicyclic) bond motifs is 3. The van der Waals surface area contributed by atoms with Crippen LogP contribution in [0.4, 0.5) is 10.2 Å². The third-order valence-corrected chi connectivity index (χ3v) is 9.93. The van der Waals surface area contributed by atoms with E-state index in [-0.39, 0.29) is 29.9 Å². The molecule has 45 heavy (non-hydrogen) atoms. The molecule has 4 heterocycles. The predicted molar refractivity (Wildman–Crippen MR) is 174 cm³/mol. The van der Waals surface area contributed by atoms with Crippen molar-refractivity contribution in [1.82, 2.24) is 19.8 Å². The van der Waals surface area contributed by atoms with Crippen LogP contribution in [0.5, 0.6) is 6.01 Å². The van der Waals surface area contributed by atoms with E-state index in [0.717, 1.165) is 46.7 Å². The SMILES string of the molecule is C=CC(=O)N1CCN(c2nc(OC[C@@]34CCCN3C[C@H](F)C4)nc3cc(-c4cccc5cccc(Cl)c45)ccc23)C[C@@H]1CC#N. The highest BCUT2D eigenvalue weighted by Gasteiger charge is 2.49. The number of piperazine rings is 1. The monoisotopic (exact) mass is 624 g/mol. The average molecular weight is 625 g/mol. The molecule has 230 valence electrons. The number of hydrogen-bond acceptors (Lipinski definition) is 7. The topological polar surface area (TPSA) is 85.6 Å². The molecule has 3 saturated heterocycles. The second-order valence-electron chi connectivity index (χ2n) is 12.3. The lowest BCUT2D eigenvalue weighted by Gasteiger charge is -2.41. The second kappa shape index (κ2) is 11.9. The zero-order valence-corrected chi connectivity index (χ0v) is 25.7.